The number of aromatic amines is 1. The normalized spacial score (nSPS) is 19.6. The number of ether oxygens (including phenoxy) is 1. The second-order valence-corrected chi connectivity index (χ2v) is 6.91. The van der Waals surface area contributed by atoms with Crippen molar-refractivity contribution in [2.45, 2.75) is 25.0 Å². The van der Waals surface area contributed by atoms with Gasteiger partial charge in [-0.15, -0.1) is 0 Å². The van der Waals surface area contributed by atoms with Crippen LogP contribution in [0, 0.1) is 5.92 Å². The molecule has 1 aliphatic carbocycles. The number of para-hydroxylation sites is 1. The Labute approximate surface area is 160 Å². The monoisotopic (exact) mass is 380 g/mol. The van der Waals surface area contributed by atoms with E-state index in [-0.39, 0.29) is 23.8 Å². The SMILES string of the molecule is COc1ccc(C(NC(=O)c2nc(=O)[nH]c3ccccc23)C2CC(O)C2)cn1. The van der Waals surface area contributed by atoms with Gasteiger partial charge in [-0.2, -0.15) is 4.98 Å². The molecule has 0 bridgehead atoms. The van der Waals surface area contributed by atoms with Crippen molar-refractivity contribution in [3.8, 4) is 5.88 Å². The van der Waals surface area contributed by atoms with Gasteiger partial charge in [0, 0.05) is 17.6 Å². The number of aliphatic hydroxyl groups excluding tert-OH is 1. The zero-order valence-electron chi connectivity index (χ0n) is 15.3. The van der Waals surface area contributed by atoms with Crippen LogP contribution in [0.4, 0.5) is 0 Å². The Balaban J connectivity index is 1.67. The smallest absolute Gasteiger partial charge is 0.346 e. The van der Waals surface area contributed by atoms with Crippen molar-refractivity contribution in [3.05, 3.63) is 64.3 Å². The van der Waals surface area contributed by atoms with Gasteiger partial charge in [-0.05, 0) is 30.4 Å². The van der Waals surface area contributed by atoms with Crippen LogP contribution in [0.1, 0.15) is 34.9 Å². The number of aromatic nitrogens is 3. The molecule has 2 heterocycles. The number of fused-ring (bicyclic) bond motifs is 1. The number of nitrogens with one attached hydrogen (secondary N) is 2. The molecule has 0 radical (unpaired) electrons. The molecule has 144 valence electrons. The predicted octanol–water partition coefficient (Wildman–Crippen LogP) is 1.57. The second kappa shape index (κ2) is 7.40. The fraction of sp³-hybridized carbons (Fsp3) is 0.300. The molecular weight excluding hydrogens is 360 g/mol. The van der Waals surface area contributed by atoms with E-state index >= 15 is 0 Å². The van der Waals surface area contributed by atoms with Crippen molar-refractivity contribution in [2.75, 3.05) is 7.11 Å². The number of carbonyl (C=O) groups is 1. The van der Waals surface area contributed by atoms with Gasteiger partial charge in [0.15, 0.2) is 0 Å². The fourth-order valence-electron chi connectivity index (χ4n) is 3.56. The molecular formula is C20H20N4O4. The van der Waals surface area contributed by atoms with E-state index in [0.717, 1.165) is 5.56 Å². The Hall–Kier alpha value is -3.26. The molecule has 3 N–H and O–H groups in total. The molecule has 0 aliphatic heterocycles. The van der Waals surface area contributed by atoms with Crippen LogP contribution >= 0.6 is 0 Å². The summed E-state index contributed by atoms with van der Waals surface area (Å²) in [5.74, 6) is 0.108. The minimum atomic E-state index is -0.578. The van der Waals surface area contributed by atoms with Gasteiger partial charge in [-0.3, -0.25) is 4.79 Å². The lowest BCUT2D eigenvalue weighted by molar-refractivity contribution is 0.0234. The summed E-state index contributed by atoms with van der Waals surface area (Å²) in [7, 11) is 1.53. The van der Waals surface area contributed by atoms with Gasteiger partial charge in [-0.1, -0.05) is 24.3 Å². The Morgan fingerprint density at radius 3 is 2.75 bits per heavy atom. The maximum atomic E-state index is 13.0. The summed E-state index contributed by atoms with van der Waals surface area (Å²) < 4.78 is 5.09. The molecule has 1 aliphatic rings. The largest absolute Gasteiger partial charge is 0.481 e. The quantitative estimate of drug-likeness (QED) is 0.618. The number of nitrogens with zero attached hydrogens (tertiary/aromatic N) is 2. The Kier molecular flexibility index (Phi) is 4.79. The standard InChI is InChI=1S/C20H20N4O4/c1-28-16-7-6-11(10-21-16)17(12-8-13(25)9-12)23-19(26)18-14-4-2-3-5-15(14)22-20(27)24-18/h2-7,10,12-13,17,25H,8-9H2,1H3,(H,23,26)(H,22,24,27). The van der Waals surface area contributed by atoms with Crippen molar-refractivity contribution in [1.29, 1.82) is 0 Å². The zero-order chi connectivity index (χ0) is 19.7. The van der Waals surface area contributed by atoms with Gasteiger partial charge in [-0.25, -0.2) is 9.78 Å². The lowest BCUT2D eigenvalue weighted by Gasteiger charge is -2.38. The number of hydrogen-bond donors (Lipinski definition) is 3. The number of benzene rings is 1. The van der Waals surface area contributed by atoms with Crippen molar-refractivity contribution >= 4 is 16.8 Å². The summed E-state index contributed by atoms with van der Waals surface area (Å²) >= 11 is 0. The van der Waals surface area contributed by atoms with E-state index in [2.05, 4.69) is 20.3 Å². The molecule has 0 spiro atoms. The highest BCUT2D eigenvalue weighted by atomic mass is 16.5. The molecule has 1 aromatic carbocycles. The van der Waals surface area contributed by atoms with E-state index in [1.54, 1.807) is 36.5 Å². The van der Waals surface area contributed by atoms with Crippen LogP contribution < -0.4 is 15.7 Å². The number of hydrogen-bond acceptors (Lipinski definition) is 6. The van der Waals surface area contributed by atoms with Crippen LogP contribution in [-0.4, -0.2) is 39.2 Å². The molecule has 2 aromatic heterocycles. The maximum Gasteiger partial charge on any atom is 0.346 e. The minimum Gasteiger partial charge on any atom is -0.481 e. The van der Waals surface area contributed by atoms with Crippen molar-refractivity contribution < 1.29 is 14.6 Å². The Bertz CT molecular complexity index is 1060. The molecule has 1 unspecified atom stereocenters. The van der Waals surface area contributed by atoms with E-state index in [4.69, 9.17) is 4.74 Å². The highest BCUT2D eigenvalue weighted by molar-refractivity contribution is 6.04. The van der Waals surface area contributed by atoms with Crippen LogP contribution in [-0.2, 0) is 0 Å². The first kappa shape index (κ1) is 18.1. The van der Waals surface area contributed by atoms with Gasteiger partial charge in [0.2, 0.25) is 5.88 Å². The number of rotatable bonds is 5. The molecule has 0 saturated heterocycles. The summed E-state index contributed by atoms with van der Waals surface area (Å²) in [5, 5.41) is 13.3. The molecule has 1 atom stereocenters. The van der Waals surface area contributed by atoms with Crippen LogP contribution in [0.3, 0.4) is 0 Å². The Morgan fingerprint density at radius 1 is 1.29 bits per heavy atom. The van der Waals surface area contributed by atoms with Gasteiger partial charge >= 0.3 is 5.69 Å². The number of amides is 1. The maximum absolute atomic E-state index is 13.0. The number of aliphatic hydroxyl groups is 1. The third-order valence-corrected chi connectivity index (χ3v) is 5.09. The highest BCUT2D eigenvalue weighted by Gasteiger charge is 2.36. The van der Waals surface area contributed by atoms with Gasteiger partial charge in [0.25, 0.3) is 5.91 Å². The van der Waals surface area contributed by atoms with Crippen LogP contribution in [0.25, 0.3) is 10.9 Å². The topological polar surface area (TPSA) is 117 Å². The van der Waals surface area contributed by atoms with Gasteiger partial charge in [0.1, 0.15) is 5.69 Å². The highest BCUT2D eigenvalue weighted by Crippen LogP contribution is 2.38. The van der Waals surface area contributed by atoms with Gasteiger partial charge < -0.3 is 20.1 Å². The summed E-state index contributed by atoms with van der Waals surface area (Å²) in [6.07, 6.45) is 2.45. The number of H-pyrrole nitrogens is 1. The first-order chi connectivity index (χ1) is 13.5. The first-order valence-corrected chi connectivity index (χ1v) is 9.03. The minimum absolute atomic E-state index is 0.0717. The van der Waals surface area contributed by atoms with Crippen molar-refractivity contribution in [2.24, 2.45) is 5.92 Å². The van der Waals surface area contributed by atoms with Crippen LogP contribution in [0.2, 0.25) is 0 Å². The summed E-state index contributed by atoms with van der Waals surface area (Å²) in [6.45, 7) is 0. The van der Waals surface area contributed by atoms with E-state index in [0.29, 0.717) is 29.6 Å². The van der Waals surface area contributed by atoms with Gasteiger partial charge in [0.05, 0.1) is 24.8 Å². The molecule has 8 heteroatoms. The molecule has 1 amide bonds. The van der Waals surface area contributed by atoms with E-state index in [9.17, 15) is 14.7 Å². The fourth-order valence-corrected chi connectivity index (χ4v) is 3.56. The molecule has 1 fully saturated rings. The number of pyridine rings is 1. The molecule has 4 rings (SSSR count). The van der Waals surface area contributed by atoms with E-state index in [1.807, 2.05) is 6.07 Å². The summed E-state index contributed by atoms with van der Waals surface area (Å²) in [4.78, 5) is 35.6. The molecule has 28 heavy (non-hydrogen) atoms. The lowest BCUT2D eigenvalue weighted by atomic mass is 9.75. The third-order valence-electron chi connectivity index (χ3n) is 5.09. The van der Waals surface area contributed by atoms with Crippen molar-refractivity contribution in [3.63, 3.8) is 0 Å². The molecule has 3 aromatic rings. The van der Waals surface area contributed by atoms with E-state index < -0.39 is 11.6 Å². The summed E-state index contributed by atoms with van der Waals surface area (Å²) in [6, 6.07) is 10.2. The first-order valence-electron chi connectivity index (χ1n) is 9.03. The lowest BCUT2D eigenvalue weighted by Crippen LogP contribution is -2.42. The zero-order valence-corrected chi connectivity index (χ0v) is 15.3. The van der Waals surface area contributed by atoms with Crippen molar-refractivity contribution in [1.82, 2.24) is 20.3 Å². The summed E-state index contributed by atoms with van der Waals surface area (Å²) in [5.41, 5.74) is 0.853. The molecule has 8 nitrogen and oxygen atoms in total. The Morgan fingerprint density at radius 2 is 2.07 bits per heavy atom. The predicted molar refractivity (Wildman–Crippen MR) is 102 cm³/mol. The molecule has 1 saturated carbocycles. The third kappa shape index (κ3) is 3.46. The number of methoxy groups -OCH3 is 1. The van der Waals surface area contributed by atoms with E-state index in [1.165, 1.54) is 7.11 Å². The average Bonchev–Trinajstić information content (AvgIpc) is 2.69. The second-order valence-electron chi connectivity index (χ2n) is 6.91. The van der Waals surface area contributed by atoms with Crippen LogP contribution in [0.5, 0.6) is 5.88 Å². The number of carbonyl (C=O) groups excluding carboxylic acids is 1. The van der Waals surface area contributed by atoms with Crippen LogP contribution in [0.15, 0.2) is 47.4 Å². The average molecular weight is 380 g/mol.